The van der Waals surface area contributed by atoms with E-state index in [1.165, 1.54) is 0 Å². The highest BCUT2D eigenvalue weighted by Crippen LogP contribution is 2.31. The summed E-state index contributed by atoms with van der Waals surface area (Å²) < 4.78 is 0. The number of benzene rings is 2. The molecule has 2 rings (SSSR count). The van der Waals surface area contributed by atoms with Gasteiger partial charge in [-0.15, -0.1) is 11.6 Å². The van der Waals surface area contributed by atoms with Gasteiger partial charge in [-0.25, -0.2) is 0 Å². The molecule has 18 heavy (non-hydrogen) atoms. The number of aromatic hydroxyl groups is 1. The van der Waals surface area contributed by atoms with E-state index in [1.807, 2.05) is 30.3 Å². The van der Waals surface area contributed by atoms with Crippen molar-refractivity contribution in [3.63, 3.8) is 0 Å². The Hall–Kier alpha value is -1.47. The third kappa shape index (κ3) is 3.27. The van der Waals surface area contributed by atoms with E-state index in [1.54, 1.807) is 12.1 Å². The molecular weight excluding hydrogens is 244 g/mol. The largest absolute Gasteiger partial charge is 0.508 e. The van der Waals surface area contributed by atoms with Crippen molar-refractivity contribution in [3.8, 4) is 5.75 Å². The number of hydrogen-bond donors (Lipinski definition) is 1. The van der Waals surface area contributed by atoms with Crippen molar-refractivity contribution in [3.05, 3.63) is 65.7 Å². The molecule has 0 aromatic heterocycles. The number of halogens is 1. The molecule has 2 atom stereocenters. The molecule has 0 saturated carbocycles. The maximum absolute atomic E-state index is 9.45. The summed E-state index contributed by atoms with van der Waals surface area (Å²) >= 11 is 6.48. The van der Waals surface area contributed by atoms with Gasteiger partial charge in [-0.1, -0.05) is 49.4 Å². The molecule has 0 radical (unpaired) electrons. The zero-order valence-electron chi connectivity index (χ0n) is 10.4. The van der Waals surface area contributed by atoms with Gasteiger partial charge >= 0.3 is 0 Å². The van der Waals surface area contributed by atoms with Gasteiger partial charge in [-0.3, -0.25) is 0 Å². The first-order chi connectivity index (χ1) is 8.66. The fraction of sp³-hybridized carbons (Fsp3) is 0.250. The van der Waals surface area contributed by atoms with Crippen LogP contribution in [0.5, 0.6) is 5.75 Å². The lowest BCUT2D eigenvalue weighted by atomic mass is 9.93. The van der Waals surface area contributed by atoms with Gasteiger partial charge in [-0.05, 0) is 35.6 Å². The van der Waals surface area contributed by atoms with Crippen molar-refractivity contribution in [1.82, 2.24) is 0 Å². The third-order valence-electron chi connectivity index (χ3n) is 3.09. The standard InChI is InChI=1S/C16H17ClO/c1-12(10-13-6-5-9-15(18)11-13)16(17)14-7-3-2-4-8-14/h2-9,11-12,16,18H,10H2,1H3. The maximum Gasteiger partial charge on any atom is 0.115 e. The predicted molar refractivity (Wildman–Crippen MR) is 76.0 cm³/mol. The van der Waals surface area contributed by atoms with E-state index in [0.29, 0.717) is 11.7 Å². The number of rotatable bonds is 4. The Bertz CT molecular complexity index is 495. The zero-order valence-corrected chi connectivity index (χ0v) is 11.1. The molecule has 2 aromatic carbocycles. The van der Waals surface area contributed by atoms with E-state index in [2.05, 4.69) is 19.1 Å². The summed E-state index contributed by atoms with van der Waals surface area (Å²) in [5, 5.41) is 9.44. The van der Waals surface area contributed by atoms with Gasteiger partial charge in [0.05, 0.1) is 5.38 Å². The van der Waals surface area contributed by atoms with Crippen molar-refractivity contribution < 1.29 is 5.11 Å². The molecule has 0 aliphatic rings. The fourth-order valence-corrected chi connectivity index (χ4v) is 2.36. The highest BCUT2D eigenvalue weighted by Gasteiger charge is 2.16. The summed E-state index contributed by atoms with van der Waals surface area (Å²) in [5.41, 5.74) is 2.26. The van der Waals surface area contributed by atoms with Gasteiger partial charge in [-0.2, -0.15) is 0 Å². The van der Waals surface area contributed by atoms with Crippen molar-refractivity contribution in [2.24, 2.45) is 5.92 Å². The molecule has 1 N–H and O–H groups in total. The summed E-state index contributed by atoms with van der Waals surface area (Å²) in [5.74, 6) is 0.626. The molecule has 2 heteroatoms. The van der Waals surface area contributed by atoms with Gasteiger partial charge in [0.25, 0.3) is 0 Å². The number of alkyl halides is 1. The molecule has 0 fully saturated rings. The topological polar surface area (TPSA) is 20.2 Å². The molecule has 0 aliphatic carbocycles. The lowest BCUT2D eigenvalue weighted by Crippen LogP contribution is -2.07. The van der Waals surface area contributed by atoms with Crippen LogP contribution in [0.2, 0.25) is 0 Å². The minimum Gasteiger partial charge on any atom is -0.508 e. The van der Waals surface area contributed by atoms with Gasteiger partial charge < -0.3 is 5.11 Å². The summed E-state index contributed by atoms with van der Waals surface area (Å²) in [6.45, 7) is 2.13. The minimum absolute atomic E-state index is 0.00597. The summed E-state index contributed by atoms with van der Waals surface area (Å²) in [7, 11) is 0. The summed E-state index contributed by atoms with van der Waals surface area (Å²) in [4.78, 5) is 0. The van der Waals surface area contributed by atoms with Crippen molar-refractivity contribution in [1.29, 1.82) is 0 Å². The van der Waals surface area contributed by atoms with Crippen molar-refractivity contribution in [2.45, 2.75) is 18.7 Å². The van der Waals surface area contributed by atoms with Gasteiger partial charge in [0, 0.05) is 0 Å². The second-order valence-corrected chi connectivity index (χ2v) is 5.13. The highest BCUT2D eigenvalue weighted by atomic mass is 35.5. The van der Waals surface area contributed by atoms with E-state index in [4.69, 9.17) is 11.6 Å². The average Bonchev–Trinajstić information content (AvgIpc) is 2.39. The molecule has 0 bridgehead atoms. The maximum atomic E-state index is 9.45. The van der Waals surface area contributed by atoms with Crippen LogP contribution in [0.1, 0.15) is 23.4 Å². The Morgan fingerprint density at radius 2 is 1.78 bits per heavy atom. The molecule has 2 aromatic rings. The van der Waals surface area contributed by atoms with Crippen LogP contribution in [0.4, 0.5) is 0 Å². The van der Waals surface area contributed by atoms with Gasteiger partial charge in [0.15, 0.2) is 0 Å². The second kappa shape index (κ2) is 5.92. The molecule has 0 saturated heterocycles. The smallest absolute Gasteiger partial charge is 0.115 e. The Kier molecular flexibility index (Phi) is 4.27. The average molecular weight is 261 g/mol. The Balaban J connectivity index is 2.06. The first-order valence-corrected chi connectivity index (χ1v) is 6.57. The predicted octanol–water partition coefficient (Wildman–Crippen LogP) is 4.55. The van der Waals surface area contributed by atoms with Crippen molar-refractivity contribution >= 4 is 11.6 Å². The molecule has 0 spiro atoms. The molecule has 0 amide bonds. The molecule has 2 unspecified atom stereocenters. The molecular formula is C16H17ClO. The summed E-state index contributed by atoms with van der Waals surface area (Å²) in [6.07, 6.45) is 0.859. The molecule has 1 nitrogen and oxygen atoms in total. The Morgan fingerprint density at radius 1 is 1.06 bits per heavy atom. The van der Waals surface area contributed by atoms with Crippen LogP contribution in [0.3, 0.4) is 0 Å². The zero-order chi connectivity index (χ0) is 13.0. The number of hydrogen-bond acceptors (Lipinski definition) is 1. The van der Waals surface area contributed by atoms with E-state index >= 15 is 0 Å². The quantitative estimate of drug-likeness (QED) is 0.800. The van der Waals surface area contributed by atoms with Crippen LogP contribution in [0.25, 0.3) is 0 Å². The van der Waals surface area contributed by atoms with Crippen LogP contribution in [-0.2, 0) is 6.42 Å². The van der Waals surface area contributed by atoms with Crippen LogP contribution in [-0.4, -0.2) is 5.11 Å². The first-order valence-electron chi connectivity index (χ1n) is 6.14. The lowest BCUT2D eigenvalue weighted by Gasteiger charge is -2.18. The Labute approximate surface area is 113 Å². The van der Waals surface area contributed by atoms with E-state index in [-0.39, 0.29) is 5.38 Å². The number of phenols is 1. The lowest BCUT2D eigenvalue weighted by molar-refractivity contribution is 0.473. The third-order valence-corrected chi connectivity index (χ3v) is 3.77. The van der Waals surface area contributed by atoms with Gasteiger partial charge in [0.2, 0.25) is 0 Å². The van der Waals surface area contributed by atoms with E-state index < -0.39 is 0 Å². The minimum atomic E-state index is -0.00597. The van der Waals surface area contributed by atoms with E-state index in [0.717, 1.165) is 17.5 Å². The van der Waals surface area contributed by atoms with Crippen LogP contribution in [0, 0.1) is 5.92 Å². The second-order valence-electron chi connectivity index (χ2n) is 4.66. The SMILES string of the molecule is CC(Cc1cccc(O)c1)C(Cl)c1ccccc1. The van der Waals surface area contributed by atoms with Crippen LogP contribution < -0.4 is 0 Å². The summed E-state index contributed by atoms with van der Waals surface area (Å²) in [6, 6.07) is 17.5. The number of phenolic OH excluding ortho intramolecular Hbond substituents is 1. The molecule has 94 valence electrons. The monoisotopic (exact) mass is 260 g/mol. The van der Waals surface area contributed by atoms with Crippen LogP contribution in [0.15, 0.2) is 54.6 Å². The van der Waals surface area contributed by atoms with Crippen molar-refractivity contribution in [2.75, 3.05) is 0 Å². The Morgan fingerprint density at radius 3 is 2.44 bits per heavy atom. The highest BCUT2D eigenvalue weighted by molar-refractivity contribution is 6.21. The fourth-order valence-electron chi connectivity index (χ4n) is 2.12. The molecule has 0 heterocycles. The van der Waals surface area contributed by atoms with Gasteiger partial charge in [0.1, 0.15) is 5.75 Å². The van der Waals surface area contributed by atoms with Crippen LogP contribution >= 0.6 is 11.6 Å². The molecule has 0 aliphatic heterocycles. The normalized spacial score (nSPS) is 14.1. The van der Waals surface area contributed by atoms with E-state index in [9.17, 15) is 5.11 Å². The first kappa shape index (κ1) is 13.0.